The summed E-state index contributed by atoms with van der Waals surface area (Å²) in [4.78, 5) is 17.1. The number of halogens is 2. The second kappa shape index (κ2) is 6.88. The Balaban J connectivity index is 1.66. The number of aryl methyl sites for hydroxylation is 1. The zero-order valence-corrected chi connectivity index (χ0v) is 16.9. The van der Waals surface area contributed by atoms with Gasteiger partial charge < -0.3 is 10.1 Å². The molecule has 0 radical (unpaired) electrons. The highest BCUT2D eigenvalue weighted by Gasteiger charge is 2.34. The van der Waals surface area contributed by atoms with Crippen LogP contribution < -0.4 is 10.1 Å². The summed E-state index contributed by atoms with van der Waals surface area (Å²) in [6.07, 6.45) is 0.0547. The Kier molecular flexibility index (Phi) is 4.28. The van der Waals surface area contributed by atoms with Gasteiger partial charge in [-0.05, 0) is 36.8 Å². The molecule has 0 bridgehead atoms. The number of benzene rings is 2. The molecule has 3 heterocycles. The molecule has 1 amide bonds. The summed E-state index contributed by atoms with van der Waals surface area (Å²) in [6.45, 7) is 1.80. The molecule has 2 aromatic heterocycles. The van der Waals surface area contributed by atoms with Gasteiger partial charge in [0.15, 0.2) is 0 Å². The van der Waals surface area contributed by atoms with Crippen LogP contribution in [-0.2, 0) is 4.79 Å². The maximum absolute atomic E-state index is 14.5. The number of amides is 1. The summed E-state index contributed by atoms with van der Waals surface area (Å²) in [5.41, 5.74) is 2.40. The Morgan fingerprint density at radius 3 is 2.83 bits per heavy atom. The molecular formula is C21H16F2N4O2S. The molecule has 6 nitrogen and oxygen atoms in total. The van der Waals surface area contributed by atoms with Crippen LogP contribution in [0.1, 0.15) is 29.2 Å². The molecule has 0 unspecified atom stereocenters. The first-order valence-corrected chi connectivity index (χ1v) is 10.1. The zero-order chi connectivity index (χ0) is 21.0. The average Bonchev–Trinajstić information content (AvgIpc) is 3.27. The number of nitrogens with zero attached hydrogens (tertiary/aromatic N) is 3. The van der Waals surface area contributed by atoms with Crippen LogP contribution in [0.5, 0.6) is 5.75 Å². The third-order valence-electron chi connectivity index (χ3n) is 5.21. The minimum atomic E-state index is -0.681. The Labute approximate surface area is 174 Å². The van der Waals surface area contributed by atoms with E-state index >= 15 is 0 Å². The first kappa shape index (κ1) is 18.7. The first-order valence-electron chi connectivity index (χ1n) is 9.24. The topological polar surface area (TPSA) is 69.0 Å². The first-order chi connectivity index (χ1) is 14.4. The number of rotatable bonds is 3. The lowest BCUT2D eigenvalue weighted by Gasteiger charge is -2.24. The summed E-state index contributed by atoms with van der Waals surface area (Å²) in [5.74, 6) is -0.980. The van der Waals surface area contributed by atoms with E-state index in [0.29, 0.717) is 22.2 Å². The van der Waals surface area contributed by atoms with Crippen molar-refractivity contribution in [3.63, 3.8) is 0 Å². The summed E-state index contributed by atoms with van der Waals surface area (Å²) in [7, 11) is 1.60. The van der Waals surface area contributed by atoms with Gasteiger partial charge in [0.05, 0.1) is 23.0 Å². The molecule has 0 fully saturated rings. The Hall–Kier alpha value is -3.33. The summed E-state index contributed by atoms with van der Waals surface area (Å²) in [6, 6.07) is 8.98. The lowest BCUT2D eigenvalue weighted by molar-refractivity contribution is -0.116. The molecule has 1 aliphatic rings. The van der Waals surface area contributed by atoms with Gasteiger partial charge in [0.1, 0.15) is 23.2 Å². The van der Waals surface area contributed by atoms with Gasteiger partial charge in [0.2, 0.25) is 11.0 Å². The van der Waals surface area contributed by atoms with Crippen LogP contribution in [0, 0.1) is 18.6 Å². The monoisotopic (exact) mass is 426 g/mol. The largest absolute Gasteiger partial charge is 0.497 e. The normalized spacial score (nSPS) is 15.9. The number of carbonyl (C=O) groups is 1. The number of hydrogen-bond donors (Lipinski definition) is 1. The minimum absolute atomic E-state index is 0.0547. The number of aromatic nitrogens is 3. The molecule has 0 spiro atoms. The number of hydrogen-bond acceptors (Lipinski definition) is 5. The molecule has 1 N–H and O–H groups in total. The molecule has 0 saturated heterocycles. The minimum Gasteiger partial charge on any atom is -0.497 e. The fourth-order valence-corrected chi connectivity index (χ4v) is 4.80. The number of ether oxygens (including phenoxy) is 1. The predicted octanol–water partition coefficient (Wildman–Crippen LogP) is 4.55. The quantitative estimate of drug-likeness (QED) is 0.522. The van der Waals surface area contributed by atoms with Crippen molar-refractivity contribution in [2.45, 2.75) is 19.3 Å². The van der Waals surface area contributed by atoms with Crippen LogP contribution in [-0.4, -0.2) is 27.8 Å². The molecule has 1 aliphatic heterocycles. The molecule has 9 heteroatoms. The molecule has 4 aromatic rings. The number of anilines is 1. The van der Waals surface area contributed by atoms with Gasteiger partial charge in [0, 0.05) is 24.0 Å². The maximum Gasteiger partial charge on any atom is 0.226 e. The fraction of sp³-hybridized carbons (Fsp3) is 0.190. The third-order valence-corrected chi connectivity index (χ3v) is 6.20. The van der Waals surface area contributed by atoms with E-state index in [1.165, 1.54) is 23.5 Å². The molecule has 152 valence electrons. The van der Waals surface area contributed by atoms with Gasteiger partial charge in [-0.3, -0.25) is 4.79 Å². The van der Waals surface area contributed by atoms with Crippen molar-refractivity contribution in [2.24, 2.45) is 0 Å². The summed E-state index contributed by atoms with van der Waals surface area (Å²) in [5, 5.41) is 8.00. The summed E-state index contributed by atoms with van der Waals surface area (Å²) < 4.78 is 35.7. The van der Waals surface area contributed by atoms with E-state index < -0.39 is 17.6 Å². The van der Waals surface area contributed by atoms with E-state index in [2.05, 4.69) is 15.4 Å². The van der Waals surface area contributed by atoms with Crippen LogP contribution in [0.25, 0.3) is 15.3 Å². The number of nitrogens with one attached hydrogen (secondary N) is 1. The molecule has 0 saturated carbocycles. The number of methoxy groups -OCH3 is 1. The lowest BCUT2D eigenvalue weighted by Crippen LogP contribution is -2.25. The van der Waals surface area contributed by atoms with Crippen molar-refractivity contribution in [3.8, 4) is 10.9 Å². The van der Waals surface area contributed by atoms with Crippen LogP contribution in [0.4, 0.5) is 14.6 Å². The SMILES string of the molecule is COc1ccc2nc(-n3nc(C)c4c3NC(=O)C[C@@H]4c3ccc(F)cc3F)sc2c1. The molecule has 1 atom stereocenters. The van der Waals surface area contributed by atoms with Gasteiger partial charge in [-0.25, -0.2) is 13.8 Å². The van der Waals surface area contributed by atoms with Crippen molar-refractivity contribution in [1.29, 1.82) is 0 Å². The van der Waals surface area contributed by atoms with E-state index in [-0.39, 0.29) is 17.9 Å². The maximum atomic E-state index is 14.5. The highest BCUT2D eigenvalue weighted by atomic mass is 32.1. The van der Waals surface area contributed by atoms with Gasteiger partial charge >= 0.3 is 0 Å². The van der Waals surface area contributed by atoms with E-state index in [1.807, 2.05) is 18.2 Å². The zero-order valence-electron chi connectivity index (χ0n) is 16.1. The lowest BCUT2D eigenvalue weighted by atomic mass is 9.85. The Morgan fingerprint density at radius 1 is 1.23 bits per heavy atom. The average molecular weight is 426 g/mol. The highest BCUT2D eigenvalue weighted by Crippen LogP contribution is 2.42. The Bertz CT molecular complexity index is 1310. The van der Waals surface area contributed by atoms with Crippen molar-refractivity contribution < 1.29 is 18.3 Å². The van der Waals surface area contributed by atoms with Gasteiger partial charge in [-0.1, -0.05) is 17.4 Å². The van der Waals surface area contributed by atoms with E-state index in [4.69, 9.17) is 4.74 Å². The Morgan fingerprint density at radius 2 is 2.07 bits per heavy atom. The van der Waals surface area contributed by atoms with Gasteiger partial charge in [-0.2, -0.15) is 9.78 Å². The molecule has 30 heavy (non-hydrogen) atoms. The predicted molar refractivity (Wildman–Crippen MR) is 109 cm³/mol. The fourth-order valence-electron chi connectivity index (χ4n) is 3.85. The van der Waals surface area contributed by atoms with Gasteiger partial charge in [0.25, 0.3) is 0 Å². The van der Waals surface area contributed by atoms with E-state index in [0.717, 1.165) is 22.0 Å². The van der Waals surface area contributed by atoms with Crippen molar-refractivity contribution in [3.05, 3.63) is 64.9 Å². The van der Waals surface area contributed by atoms with Crippen LogP contribution in [0.15, 0.2) is 36.4 Å². The smallest absolute Gasteiger partial charge is 0.226 e. The van der Waals surface area contributed by atoms with Crippen molar-refractivity contribution >= 4 is 33.3 Å². The molecule has 0 aliphatic carbocycles. The molecular weight excluding hydrogens is 410 g/mol. The molecule has 2 aromatic carbocycles. The van der Waals surface area contributed by atoms with Crippen LogP contribution in [0.3, 0.4) is 0 Å². The second-order valence-corrected chi connectivity index (χ2v) is 8.07. The second-order valence-electron chi connectivity index (χ2n) is 7.06. The van der Waals surface area contributed by atoms with Crippen molar-refractivity contribution in [2.75, 3.05) is 12.4 Å². The number of fused-ring (bicyclic) bond motifs is 2. The van der Waals surface area contributed by atoms with Gasteiger partial charge in [-0.15, -0.1) is 0 Å². The van der Waals surface area contributed by atoms with Crippen LogP contribution >= 0.6 is 11.3 Å². The standard InChI is InChI=1S/C21H16F2N4O2S/c1-10-19-14(13-5-3-11(22)7-15(13)23)9-18(28)25-20(19)27(26-10)21-24-16-6-4-12(29-2)8-17(16)30-21/h3-8,14H,9H2,1-2H3,(H,25,28)/t14-/m1/s1. The van der Waals surface area contributed by atoms with Crippen molar-refractivity contribution in [1.82, 2.24) is 14.8 Å². The van der Waals surface area contributed by atoms with Crippen LogP contribution in [0.2, 0.25) is 0 Å². The number of carbonyl (C=O) groups excluding carboxylic acids is 1. The highest BCUT2D eigenvalue weighted by molar-refractivity contribution is 7.20. The summed E-state index contributed by atoms with van der Waals surface area (Å²) >= 11 is 1.40. The number of thiazole rings is 1. The van der Waals surface area contributed by atoms with E-state index in [1.54, 1.807) is 18.7 Å². The molecule has 5 rings (SSSR count). The van der Waals surface area contributed by atoms with E-state index in [9.17, 15) is 13.6 Å². The third kappa shape index (κ3) is 2.93.